The molecular formula is C17H17BrO4. The molecule has 1 saturated heterocycles. The van der Waals surface area contributed by atoms with Gasteiger partial charge in [0.05, 0.1) is 20.8 Å². The predicted molar refractivity (Wildman–Crippen MR) is 84.6 cm³/mol. The third-order valence-electron chi connectivity index (χ3n) is 5.17. The molecule has 4 atom stereocenters. The van der Waals surface area contributed by atoms with Gasteiger partial charge < -0.3 is 14.2 Å². The zero-order valence-corrected chi connectivity index (χ0v) is 14.1. The van der Waals surface area contributed by atoms with Crippen molar-refractivity contribution in [3.05, 3.63) is 34.3 Å². The summed E-state index contributed by atoms with van der Waals surface area (Å²) in [5.74, 6) is 1.83. The Labute approximate surface area is 137 Å². The van der Waals surface area contributed by atoms with Gasteiger partial charge in [-0.15, -0.1) is 0 Å². The van der Waals surface area contributed by atoms with Gasteiger partial charge >= 0.3 is 0 Å². The summed E-state index contributed by atoms with van der Waals surface area (Å²) in [5, 5.41) is 0. The number of allylic oxidation sites excluding steroid dienone is 1. The lowest BCUT2D eigenvalue weighted by molar-refractivity contribution is -0.132. The van der Waals surface area contributed by atoms with Crippen molar-refractivity contribution in [2.45, 2.75) is 17.9 Å². The van der Waals surface area contributed by atoms with Gasteiger partial charge in [-0.2, -0.15) is 0 Å². The van der Waals surface area contributed by atoms with Crippen LogP contribution in [-0.4, -0.2) is 32.2 Å². The smallest absolute Gasteiger partial charge is 0.175 e. The molecule has 1 aliphatic heterocycles. The van der Waals surface area contributed by atoms with Crippen molar-refractivity contribution >= 4 is 21.7 Å². The van der Waals surface area contributed by atoms with Crippen molar-refractivity contribution in [1.29, 1.82) is 0 Å². The molecule has 3 unspecified atom stereocenters. The normalized spacial score (nSPS) is 35.5. The molecule has 22 heavy (non-hydrogen) atoms. The Hall–Kier alpha value is -1.33. The summed E-state index contributed by atoms with van der Waals surface area (Å²) in [7, 11) is 3.25. The minimum atomic E-state index is -0.536. The lowest BCUT2D eigenvalue weighted by Crippen LogP contribution is -2.49. The Morgan fingerprint density at radius 3 is 2.64 bits per heavy atom. The van der Waals surface area contributed by atoms with E-state index in [1.807, 2.05) is 18.2 Å². The maximum absolute atomic E-state index is 12.7. The first kappa shape index (κ1) is 14.3. The zero-order valence-electron chi connectivity index (χ0n) is 12.5. The standard InChI is InChI=1S/C17H17BrO4/c1-20-14-4-3-9(5-15(14)21-2)10-6-12-13(18)7-11(10)16(19)17(12)8-22-17/h3-5,7,10-12H,6,8H2,1-2H3/t10?,11?,12?,17-/m0/s1. The number of hydrogen-bond acceptors (Lipinski definition) is 4. The zero-order chi connectivity index (χ0) is 15.5. The molecule has 3 aliphatic carbocycles. The second kappa shape index (κ2) is 4.83. The minimum Gasteiger partial charge on any atom is -0.493 e. The Bertz CT molecular complexity index is 677. The highest BCUT2D eigenvalue weighted by atomic mass is 79.9. The number of benzene rings is 1. The van der Waals surface area contributed by atoms with Gasteiger partial charge in [0.25, 0.3) is 0 Å². The maximum Gasteiger partial charge on any atom is 0.175 e. The fourth-order valence-corrected chi connectivity index (χ4v) is 4.73. The van der Waals surface area contributed by atoms with Crippen LogP contribution >= 0.6 is 15.9 Å². The number of carbonyl (C=O) groups is 1. The van der Waals surface area contributed by atoms with Gasteiger partial charge in [0.2, 0.25) is 0 Å². The van der Waals surface area contributed by atoms with Gasteiger partial charge in [0.15, 0.2) is 22.9 Å². The van der Waals surface area contributed by atoms with E-state index in [4.69, 9.17) is 14.2 Å². The molecule has 0 radical (unpaired) electrons. The van der Waals surface area contributed by atoms with Crippen LogP contribution in [0.15, 0.2) is 28.8 Å². The number of ether oxygens (including phenoxy) is 3. The van der Waals surface area contributed by atoms with E-state index in [9.17, 15) is 4.79 Å². The second-order valence-electron chi connectivity index (χ2n) is 6.13. The first-order valence-corrected chi connectivity index (χ1v) is 8.17. The second-order valence-corrected chi connectivity index (χ2v) is 7.04. The van der Waals surface area contributed by atoms with Gasteiger partial charge in [-0.1, -0.05) is 28.1 Å². The van der Waals surface area contributed by atoms with Crippen LogP contribution in [0.5, 0.6) is 11.5 Å². The molecule has 1 aromatic carbocycles. The van der Waals surface area contributed by atoms with Crippen molar-refractivity contribution in [1.82, 2.24) is 0 Å². The molecule has 1 aromatic rings. The third kappa shape index (κ3) is 1.82. The highest BCUT2D eigenvalue weighted by Crippen LogP contribution is 2.59. The van der Waals surface area contributed by atoms with Gasteiger partial charge in [0.1, 0.15) is 0 Å². The number of fused-ring (bicyclic) bond motifs is 1. The average Bonchev–Trinajstić information content (AvgIpc) is 3.33. The van der Waals surface area contributed by atoms with Crippen molar-refractivity contribution < 1.29 is 19.0 Å². The molecule has 1 heterocycles. The largest absolute Gasteiger partial charge is 0.493 e. The number of hydrogen-bond donors (Lipinski definition) is 0. The topological polar surface area (TPSA) is 48.1 Å². The van der Waals surface area contributed by atoms with E-state index >= 15 is 0 Å². The van der Waals surface area contributed by atoms with Crippen LogP contribution in [0.2, 0.25) is 0 Å². The number of rotatable bonds is 3. The van der Waals surface area contributed by atoms with Crippen LogP contribution in [-0.2, 0) is 9.53 Å². The van der Waals surface area contributed by atoms with E-state index in [2.05, 4.69) is 22.0 Å². The van der Waals surface area contributed by atoms with Crippen LogP contribution in [0.4, 0.5) is 0 Å². The molecule has 4 aliphatic rings. The molecule has 5 heteroatoms. The van der Waals surface area contributed by atoms with Crippen LogP contribution in [0.3, 0.4) is 0 Å². The number of Topliss-reactive ketones (excluding diaryl/α,β-unsaturated/α-hetero) is 1. The molecule has 1 saturated carbocycles. The molecule has 0 aromatic heterocycles. The SMILES string of the molecule is COc1ccc(C2CC3C(Br)=CC2C(=O)[C@]32CO2)cc1OC. The molecule has 4 nitrogen and oxygen atoms in total. The van der Waals surface area contributed by atoms with E-state index in [-0.39, 0.29) is 23.5 Å². The number of methoxy groups -OCH3 is 2. The summed E-state index contributed by atoms with van der Waals surface area (Å²) in [6.07, 6.45) is 2.98. The summed E-state index contributed by atoms with van der Waals surface area (Å²) < 4.78 is 17.4. The summed E-state index contributed by atoms with van der Waals surface area (Å²) in [6, 6.07) is 5.92. The van der Waals surface area contributed by atoms with Gasteiger partial charge in [-0.05, 0) is 34.5 Å². The van der Waals surface area contributed by atoms with E-state index in [0.29, 0.717) is 18.1 Å². The van der Waals surface area contributed by atoms with Crippen LogP contribution < -0.4 is 9.47 Å². The molecule has 2 fully saturated rings. The van der Waals surface area contributed by atoms with Crippen LogP contribution in [0, 0.1) is 11.8 Å². The quantitative estimate of drug-likeness (QED) is 0.773. The molecule has 0 amide bonds. The Morgan fingerprint density at radius 1 is 1.27 bits per heavy atom. The van der Waals surface area contributed by atoms with E-state index in [1.165, 1.54) is 0 Å². The number of halogens is 1. The Kier molecular flexibility index (Phi) is 3.13. The first-order chi connectivity index (χ1) is 10.6. The fourth-order valence-electron chi connectivity index (χ4n) is 3.89. The summed E-state index contributed by atoms with van der Waals surface area (Å²) in [5.41, 5.74) is 0.582. The van der Waals surface area contributed by atoms with Gasteiger partial charge in [-0.25, -0.2) is 0 Å². The van der Waals surface area contributed by atoms with Crippen molar-refractivity contribution in [3.63, 3.8) is 0 Å². The summed E-state index contributed by atoms with van der Waals surface area (Å²) >= 11 is 3.62. The van der Waals surface area contributed by atoms with Gasteiger partial charge in [-0.3, -0.25) is 4.79 Å². The predicted octanol–water partition coefficient (Wildman–Crippen LogP) is 3.05. The summed E-state index contributed by atoms with van der Waals surface area (Å²) in [6.45, 7) is 0.564. The molecule has 5 rings (SSSR count). The highest BCUT2D eigenvalue weighted by Gasteiger charge is 2.66. The highest BCUT2D eigenvalue weighted by molar-refractivity contribution is 9.11. The van der Waals surface area contributed by atoms with Crippen molar-refractivity contribution in [3.8, 4) is 11.5 Å². The lowest BCUT2D eigenvalue weighted by Gasteiger charge is -2.43. The molecule has 2 bridgehead atoms. The maximum atomic E-state index is 12.7. The number of epoxide rings is 1. The summed E-state index contributed by atoms with van der Waals surface area (Å²) in [4.78, 5) is 12.7. The van der Waals surface area contributed by atoms with E-state index in [0.717, 1.165) is 16.5 Å². The monoisotopic (exact) mass is 364 g/mol. The Morgan fingerprint density at radius 2 is 2.00 bits per heavy atom. The molecule has 116 valence electrons. The first-order valence-electron chi connectivity index (χ1n) is 7.38. The van der Waals surface area contributed by atoms with E-state index < -0.39 is 5.60 Å². The van der Waals surface area contributed by atoms with Crippen molar-refractivity contribution in [2.75, 3.05) is 20.8 Å². The van der Waals surface area contributed by atoms with Gasteiger partial charge in [0, 0.05) is 11.8 Å². The Balaban J connectivity index is 1.72. The number of ketones is 1. The molecular weight excluding hydrogens is 348 g/mol. The fraction of sp³-hybridized carbons (Fsp3) is 0.471. The van der Waals surface area contributed by atoms with Crippen LogP contribution in [0.1, 0.15) is 17.9 Å². The van der Waals surface area contributed by atoms with E-state index in [1.54, 1.807) is 14.2 Å². The number of carbonyl (C=O) groups excluding carboxylic acids is 1. The molecule has 0 N–H and O–H groups in total. The minimum absolute atomic E-state index is 0.125. The lowest BCUT2D eigenvalue weighted by atomic mass is 9.61. The average molecular weight is 365 g/mol. The third-order valence-corrected chi connectivity index (χ3v) is 5.99. The van der Waals surface area contributed by atoms with Crippen LogP contribution in [0.25, 0.3) is 0 Å². The van der Waals surface area contributed by atoms with Crippen molar-refractivity contribution in [2.24, 2.45) is 11.8 Å². The molecule has 1 spiro atoms.